The highest BCUT2D eigenvalue weighted by atomic mass is 32.2. The lowest BCUT2D eigenvalue weighted by molar-refractivity contribution is 0.550. The van der Waals surface area contributed by atoms with Gasteiger partial charge in [-0.05, 0) is 18.8 Å². The van der Waals surface area contributed by atoms with Crippen molar-refractivity contribution < 1.29 is 8.42 Å². The molecule has 0 radical (unpaired) electrons. The van der Waals surface area contributed by atoms with Gasteiger partial charge in [0.05, 0.1) is 11.5 Å². The average Bonchev–Trinajstić information content (AvgIpc) is 2.54. The summed E-state index contributed by atoms with van der Waals surface area (Å²) >= 11 is 0. The van der Waals surface area contributed by atoms with Crippen molar-refractivity contribution in [2.45, 2.75) is 45.6 Å². The van der Waals surface area contributed by atoms with Crippen LogP contribution in [0.25, 0.3) is 0 Å². The van der Waals surface area contributed by atoms with E-state index in [9.17, 15) is 8.42 Å². The summed E-state index contributed by atoms with van der Waals surface area (Å²) in [5, 5.41) is 3.15. The lowest BCUT2D eigenvalue weighted by Crippen LogP contribution is -2.30. The van der Waals surface area contributed by atoms with Gasteiger partial charge in [0, 0.05) is 12.6 Å². The molecule has 0 saturated heterocycles. The van der Waals surface area contributed by atoms with E-state index in [4.69, 9.17) is 0 Å². The van der Waals surface area contributed by atoms with Crippen molar-refractivity contribution in [2.24, 2.45) is 5.92 Å². The highest BCUT2D eigenvalue weighted by Gasteiger charge is 2.22. The maximum absolute atomic E-state index is 11.7. The van der Waals surface area contributed by atoms with Crippen molar-refractivity contribution in [2.75, 3.05) is 18.1 Å². The van der Waals surface area contributed by atoms with Crippen LogP contribution < -0.4 is 5.32 Å². The van der Waals surface area contributed by atoms with Crippen molar-refractivity contribution >= 4 is 9.84 Å². The second-order valence-electron chi connectivity index (χ2n) is 4.87. The Labute approximate surface area is 93.6 Å². The first-order valence-electron chi connectivity index (χ1n) is 5.93. The molecule has 4 heteroatoms. The third kappa shape index (κ3) is 5.52. The molecule has 0 aliphatic heterocycles. The van der Waals surface area contributed by atoms with E-state index in [0.29, 0.717) is 30.0 Å². The Balaban J connectivity index is 2.25. The molecule has 1 rings (SSSR count). The summed E-state index contributed by atoms with van der Waals surface area (Å²) in [6.45, 7) is 4.65. The summed E-state index contributed by atoms with van der Waals surface area (Å²) in [6.07, 6.45) is 4.64. The minimum Gasteiger partial charge on any atom is -0.314 e. The quantitative estimate of drug-likeness (QED) is 0.758. The van der Waals surface area contributed by atoms with Gasteiger partial charge in [0.2, 0.25) is 0 Å². The van der Waals surface area contributed by atoms with Crippen LogP contribution in [0, 0.1) is 5.92 Å². The van der Waals surface area contributed by atoms with E-state index in [0.717, 1.165) is 12.8 Å². The molecule has 90 valence electrons. The molecule has 0 amide bonds. The van der Waals surface area contributed by atoms with E-state index >= 15 is 0 Å². The summed E-state index contributed by atoms with van der Waals surface area (Å²) in [5.41, 5.74) is 0. The van der Waals surface area contributed by atoms with E-state index < -0.39 is 9.84 Å². The predicted molar refractivity (Wildman–Crippen MR) is 63.8 cm³/mol. The topological polar surface area (TPSA) is 46.2 Å². The largest absolute Gasteiger partial charge is 0.314 e. The van der Waals surface area contributed by atoms with Crippen LogP contribution in [0.15, 0.2) is 0 Å². The molecule has 1 saturated carbocycles. The smallest absolute Gasteiger partial charge is 0.151 e. The Morgan fingerprint density at radius 3 is 2.40 bits per heavy atom. The second kappa shape index (κ2) is 5.85. The first-order chi connectivity index (χ1) is 6.99. The van der Waals surface area contributed by atoms with Crippen molar-refractivity contribution in [1.29, 1.82) is 0 Å². The molecular formula is C11H23NO2S. The lowest BCUT2D eigenvalue weighted by Gasteiger charge is -2.11. The number of nitrogens with one attached hydrogen (secondary N) is 1. The first kappa shape index (κ1) is 13.0. The van der Waals surface area contributed by atoms with E-state index in [1.807, 2.05) is 13.8 Å². The minimum atomic E-state index is -2.82. The molecule has 1 aliphatic carbocycles. The van der Waals surface area contributed by atoms with Crippen LogP contribution in [0.3, 0.4) is 0 Å². The summed E-state index contributed by atoms with van der Waals surface area (Å²) in [7, 11) is -2.82. The molecular weight excluding hydrogens is 210 g/mol. The van der Waals surface area contributed by atoms with E-state index in [1.54, 1.807) is 0 Å². The van der Waals surface area contributed by atoms with Gasteiger partial charge < -0.3 is 5.32 Å². The maximum Gasteiger partial charge on any atom is 0.151 e. The standard InChI is InChI=1S/C11H23NO2S/c1-10(2)12-7-8-15(13,14)9-11-5-3-4-6-11/h10-12H,3-9H2,1-2H3. The number of hydrogen-bond acceptors (Lipinski definition) is 3. The first-order valence-corrected chi connectivity index (χ1v) is 7.75. The van der Waals surface area contributed by atoms with Gasteiger partial charge in [-0.1, -0.05) is 26.7 Å². The van der Waals surface area contributed by atoms with E-state index in [1.165, 1.54) is 12.8 Å². The Hall–Kier alpha value is -0.0900. The van der Waals surface area contributed by atoms with Gasteiger partial charge in [0.25, 0.3) is 0 Å². The van der Waals surface area contributed by atoms with Gasteiger partial charge in [-0.25, -0.2) is 8.42 Å². The molecule has 0 aromatic rings. The fourth-order valence-electron chi connectivity index (χ4n) is 2.12. The van der Waals surface area contributed by atoms with Crippen LogP contribution in [0.1, 0.15) is 39.5 Å². The highest BCUT2D eigenvalue weighted by molar-refractivity contribution is 7.91. The van der Waals surface area contributed by atoms with Crippen molar-refractivity contribution in [3.8, 4) is 0 Å². The molecule has 0 spiro atoms. The lowest BCUT2D eigenvalue weighted by atomic mass is 10.1. The summed E-state index contributed by atoms with van der Waals surface area (Å²) < 4.78 is 23.5. The molecule has 0 atom stereocenters. The molecule has 15 heavy (non-hydrogen) atoms. The van der Waals surface area contributed by atoms with Gasteiger partial charge >= 0.3 is 0 Å². The Morgan fingerprint density at radius 1 is 1.27 bits per heavy atom. The number of sulfone groups is 1. The third-order valence-corrected chi connectivity index (χ3v) is 4.74. The molecule has 3 nitrogen and oxygen atoms in total. The van der Waals surface area contributed by atoms with Crippen molar-refractivity contribution in [1.82, 2.24) is 5.32 Å². The average molecular weight is 233 g/mol. The fraction of sp³-hybridized carbons (Fsp3) is 1.00. The van der Waals surface area contributed by atoms with Gasteiger partial charge in [0.15, 0.2) is 9.84 Å². The monoisotopic (exact) mass is 233 g/mol. The second-order valence-corrected chi connectivity index (χ2v) is 7.10. The van der Waals surface area contributed by atoms with E-state index in [2.05, 4.69) is 5.32 Å². The van der Waals surface area contributed by atoms with Crippen LogP contribution in [0.5, 0.6) is 0 Å². The Kier molecular flexibility index (Phi) is 5.06. The van der Waals surface area contributed by atoms with Crippen LogP contribution in [0.4, 0.5) is 0 Å². The molecule has 1 aliphatic rings. The normalized spacial score (nSPS) is 18.9. The maximum atomic E-state index is 11.7. The van der Waals surface area contributed by atoms with Crippen molar-refractivity contribution in [3.63, 3.8) is 0 Å². The van der Waals surface area contributed by atoms with Gasteiger partial charge in [-0.2, -0.15) is 0 Å². The Morgan fingerprint density at radius 2 is 1.87 bits per heavy atom. The van der Waals surface area contributed by atoms with Crippen LogP contribution in [0.2, 0.25) is 0 Å². The zero-order valence-corrected chi connectivity index (χ0v) is 10.6. The zero-order valence-electron chi connectivity index (χ0n) is 9.83. The van der Waals surface area contributed by atoms with Crippen molar-refractivity contribution in [3.05, 3.63) is 0 Å². The SMILES string of the molecule is CC(C)NCCS(=O)(=O)CC1CCCC1. The number of rotatable bonds is 6. The van der Waals surface area contributed by atoms with Gasteiger partial charge in [-0.3, -0.25) is 0 Å². The predicted octanol–water partition coefficient (Wildman–Crippen LogP) is 1.59. The molecule has 0 heterocycles. The summed E-state index contributed by atoms with van der Waals surface area (Å²) in [6, 6.07) is 0.367. The molecule has 0 aromatic carbocycles. The number of hydrogen-bond donors (Lipinski definition) is 1. The third-order valence-electron chi connectivity index (χ3n) is 2.93. The minimum absolute atomic E-state index is 0.293. The molecule has 1 fully saturated rings. The van der Waals surface area contributed by atoms with Crippen LogP contribution >= 0.6 is 0 Å². The van der Waals surface area contributed by atoms with E-state index in [-0.39, 0.29) is 0 Å². The Bertz CT molecular complexity index is 266. The molecule has 0 unspecified atom stereocenters. The van der Waals surface area contributed by atoms with Gasteiger partial charge in [0.1, 0.15) is 0 Å². The molecule has 0 bridgehead atoms. The van der Waals surface area contributed by atoms with Crippen LogP contribution in [-0.4, -0.2) is 32.5 Å². The fourth-order valence-corrected chi connectivity index (χ4v) is 3.77. The molecule has 1 N–H and O–H groups in total. The van der Waals surface area contributed by atoms with Gasteiger partial charge in [-0.15, -0.1) is 0 Å². The summed E-state index contributed by atoms with van der Waals surface area (Å²) in [5.74, 6) is 1.14. The highest BCUT2D eigenvalue weighted by Crippen LogP contribution is 2.25. The molecule has 0 aromatic heterocycles. The zero-order chi connectivity index (χ0) is 11.3. The summed E-state index contributed by atoms with van der Waals surface area (Å²) in [4.78, 5) is 0. The van der Waals surface area contributed by atoms with Crippen LogP contribution in [-0.2, 0) is 9.84 Å².